The van der Waals surface area contributed by atoms with E-state index in [4.69, 9.17) is 9.84 Å². The van der Waals surface area contributed by atoms with Gasteiger partial charge in [0.1, 0.15) is 5.54 Å². The SMILES string of the molecule is CCOC1CC(CC(=O)NC(C)(CC)C(=O)O)C1. The monoisotopic (exact) mass is 257 g/mol. The number of carbonyl (C=O) groups excluding carboxylic acids is 1. The Hall–Kier alpha value is -1.10. The number of carboxylic acid groups (broad SMARTS) is 1. The summed E-state index contributed by atoms with van der Waals surface area (Å²) in [6.07, 6.45) is 2.85. The zero-order valence-corrected chi connectivity index (χ0v) is 11.4. The molecule has 1 fully saturated rings. The van der Waals surface area contributed by atoms with Crippen molar-refractivity contribution < 1.29 is 19.4 Å². The first-order valence-electron chi connectivity index (χ1n) is 6.57. The van der Waals surface area contributed by atoms with Gasteiger partial charge in [0.15, 0.2) is 0 Å². The Balaban J connectivity index is 2.32. The Labute approximate surface area is 108 Å². The summed E-state index contributed by atoms with van der Waals surface area (Å²) in [5, 5.41) is 11.7. The molecule has 1 saturated carbocycles. The normalized spacial score (nSPS) is 25.9. The minimum atomic E-state index is -1.15. The summed E-state index contributed by atoms with van der Waals surface area (Å²) in [7, 11) is 0. The minimum Gasteiger partial charge on any atom is -0.480 e. The number of carbonyl (C=O) groups is 2. The second-order valence-electron chi connectivity index (χ2n) is 5.16. The first kappa shape index (κ1) is 15.0. The largest absolute Gasteiger partial charge is 0.480 e. The van der Waals surface area contributed by atoms with Crippen LogP contribution in [0.1, 0.15) is 46.5 Å². The molecule has 0 saturated heterocycles. The first-order chi connectivity index (χ1) is 8.41. The third kappa shape index (κ3) is 3.70. The van der Waals surface area contributed by atoms with Crippen LogP contribution in [0.15, 0.2) is 0 Å². The minimum absolute atomic E-state index is 0.179. The van der Waals surface area contributed by atoms with E-state index in [2.05, 4.69) is 5.32 Å². The number of hydrogen-bond donors (Lipinski definition) is 2. The molecule has 5 heteroatoms. The number of ether oxygens (including phenoxy) is 1. The molecular formula is C13H23NO4. The second kappa shape index (κ2) is 6.18. The Kier molecular flexibility index (Phi) is 5.14. The van der Waals surface area contributed by atoms with Crippen molar-refractivity contribution >= 4 is 11.9 Å². The Morgan fingerprint density at radius 2 is 2.00 bits per heavy atom. The van der Waals surface area contributed by atoms with Crippen molar-refractivity contribution in [2.45, 2.75) is 58.1 Å². The van der Waals surface area contributed by atoms with E-state index in [9.17, 15) is 9.59 Å². The number of nitrogens with one attached hydrogen (secondary N) is 1. The van der Waals surface area contributed by atoms with Gasteiger partial charge in [0.05, 0.1) is 6.10 Å². The Morgan fingerprint density at radius 3 is 2.44 bits per heavy atom. The summed E-state index contributed by atoms with van der Waals surface area (Å²) >= 11 is 0. The molecule has 5 nitrogen and oxygen atoms in total. The van der Waals surface area contributed by atoms with Crippen LogP contribution >= 0.6 is 0 Å². The van der Waals surface area contributed by atoms with Crippen LogP contribution in [0.25, 0.3) is 0 Å². The van der Waals surface area contributed by atoms with Gasteiger partial charge in [-0.05, 0) is 39.0 Å². The molecule has 0 aromatic carbocycles. The lowest BCUT2D eigenvalue weighted by Gasteiger charge is -2.35. The lowest BCUT2D eigenvalue weighted by atomic mass is 9.79. The molecule has 18 heavy (non-hydrogen) atoms. The van der Waals surface area contributed by atoms with E-state index >= 15 is 0 Å². The van der Waals surface area contributed by atoms with Crippen molar-refractivity contribution in [3.63, 3.8) is 0 Å². The molecule has 1 aliphatic rings. The number of amides is 1. The molecule has 1 amide bonds. The number of hydrogen-bond acceptors (Lipinski definition) is 3. The summed E-state index contributed by atoms with van der Waals surface area (Å²) < 4.78 is 5.42. The number of aliphatic carboxylic acids is 1. The van der Waals surface area contributed by atoms with E-state index in [1.165, 1.54) is 6.92 Å². The topological polar surface area (TPSA) is 75.6 Å². The third-order valence-electron chi connectivity index (χ3n) is 3.66. The van der Waals surface area contributed by atoms with E-state index < -0.39 is 11.5 Å². The maximum atomic E-state index is 11.8. The third-order valence-corrected chi connectivity index (χ3v) is 3.66. The molecule has 104 valence electrons. The fourth-order valence-electron chi connectivity index (χ4n) is 2.13. The lowest BCUT2D eigenvalue weighted by Crippen LogP contribution is -2.52. The van der Waals surface area contributed by atoms with Gasteiger partial charge in [-0.2, -0.15) is 0 Å². The average molecular weight is 257 g/mol. The molecule has 1 aliphatic carbocycles. The Bertz CT molecular complexity index is 312. The Morgan fingerprint density at radius 1 is 1.39 bits per heavy atom. The van der Waals surface area contributed by atoms with Crippen molar-refractivity contribution in [2.75, 3.05) is 6.61 Å². The molecular weight excluding hydrogens is 234 g/mol. The molecule has 2 N–H and O–H groups in total. The molecule has 0 heterocycles. The highest BCUT2D eigenvalue weighted by Crippen LogP contribution is 2.32. The van der Waals surface area contributed by atoms with Crippen LogP contribution in [0, 0.1) is 5.92 Å². The van der Waals surface area contributed by atoms with Gasteiger partial charge in [-0.1, -0.05) is 6.92 Å². The van der Waals surface area contributed by atoms with Crippen molar-refractivity contribution in [1.82, 2.24) is 5.32 Å². The predicted octanol–water partition coefficient (Wildman–Crippen LogP) is 1.56. The summed E-state index contributed by atoms with van der Waals surface area (Å²) in [5.74, 6) is -0.836. The van der Waals surface area contributed by atoms with Crippen molar-refractivity contribution in [3.8, 4) is 0 Å². The van der Waals surface area contributed by atoms with E-state index in [-0.39, 0.29) is 12.0 Å². The van der Waals surface area contributed by atoms with Crippen LogP contribution in [0.5, 0.6) is 0 Å². The fraction of sp³-hybridized carbons (Fsp3) is 0.846. The first-order valence-corrected chi connectivity index (χ1v) is 6.57. The van der Waals surface area contributed by atoms with Crippen molar-refractivity contribution in [3.05, 3.63) is 0 Å². The maximum Gasteiger partial charge on any atom is 0.329 e. The summed E-state index contributed by atoms with van der Waals surface area (Å²) in [6.45, 7) is 5.95. The zero-order valence-electron chi connectivity index (χ0n) is 11.4. The molecule has 0 bridgehead atoms. The molecule has 0 spiro atoms. The smallest absolute Gasteiger partial charge is 0.329 e. The number of carboxylic acids is 1. The average Bonchev–Trinajstić information content (AvgIpc) is 2.25. The summed E-state index contributed by atoms with van der Waals surface area (Å²) in [5.41, 5.74) is -1.15. The lowest BCUT2D eigenvalue weighted by molar-refractivity contribution is -0.147. The van der Waals surface area contributed by atoms with E-state index in [1.54, 1.807) is 6.92 Å². The van der Waals surface area contributed by atoms with Crippen LogP contribution in [0.3, 0.4) is 0 Å². The highest BCUT2D eigenvalue weighted by atomic mass is 16.5. The van der Waals surface area contributed by atoms with Crippen molar-refractivity contribution in [2.24, 2.45) is 5.92 Å². The zero-order chi connectivity index (χ0) is 13.8. The molecule has 0 radical (unpaired) electrons. The summed E-state index contributed by atoms with van der Waals surface area (Å²) in [6, 6.07) is 0. The second-order valence-corrected chi connectivity index (χ2v) is 5.16. The quantitative estimate of drug-likeness (QED) is 0.725. The maximum absolute atomic E-state index is 11.8. The van der Waals surface area contributed by atoms with E-state index in [0.717, 1.165) is 12.8 Å². The van der Waals surface area contributed by atoms with Gasteiger partial charge in [-0.3, -0.25) is 4.79 Å². The van der Waals surface area contributed by atoms with Crippen LogP contribution in [0.4, 0.5) is 0 Å². The van der Waals surface area contributed by atoms with Crippen LogP contribution < -0.4 is 5.32 Å². The molecule has 0 aromatic heterocycles. The van der Waals surface area contributed by atoms with Crippen LogP contribution in [0.2, 0.25) is 0 Å². The molecule has 1 unspecified atom stereocenters. The van der Waals surface area contributed by atoms with Crippen LogP contribution in [-0.2, 0) is 14.3 Å². The van der Waals surface area contributed by atoms with Gasteiger partial charge >= 0.3 is 5.97 Å². The molecule has 0 aromatic rings. The molecule has 1 rings (SSSR count). The van der Waals surface area contributed by atoms with Gasteiger partial charge in [0.25, 0.3) is 0 Å². The highest BCUT2D eigenvalue weighted by molar-refractivity contribution is 5.86. The highest BCUT2D eigenvalue weighted by Gasteiger charge is 2.35. The van der Waals surface area contributed by atoms with Gasteiger partial charge in [-0.15, -0.1) is 0 Å². The van der Waals surface area contributed by atoms with Gasteiger partial charge in [0, 0.05) is 13.0 Å². The molecule has 1 atom stereocenters. The summed E-state index contributed by atoms with van der Waals surface area (Å²) in [4.78, 5) is 22.8. The van der Waals surface area contributed by atoms with Gasteiger partial charge in [0.2, 0.25) is 5.91 Å². The predicted molar refractivity (Wildman–Crippen MR) is 67.2 cm³/mol. The molecule has 0 aliphatic heterocycles. The number of rotatable bonds is 7. The van der Waals surface area contributed by atoms with Crippen LogP contribution in [-0.4, -0.2) is 35.2 Å². The van der Waals surface area contributed by atoms with E-state index in [1.807, 2.05) is 6.92 Å². The van der Waals surface area contributed by atoms with E-state index in [0.29, 0.717) is 25.4 Å². The fourth-order valence-corrected chi connectivity index (χ4v) is 2.13. The van der Waals surface area contributed by atoms with Gasteiger partial charge in [-0.25, -0.2) is 4.79 Å². The van der Waals surface area contributed by atoms with Crippen molar-refractivity contribution in [1.29, 1.82) is 0 Å². The standard InChI is InChI=1S/C13H23NO4/c1-4-13(3,12(16)17)14-11(15)8-9-6-10(7-9)18-5-2/h9-10H,4-8H2,1-3H3,(H,14,15)(H,16,17). The van der Waals surface area contributed by atoms with Gasteiger partial charge < -0.3 is 15.2 Å².